The number of ether oxygens (including phenoxy) is 2. The SMILES string of the molecule is COc1cc([C@H](C)N)ccc1OCC#Cc1ccccc1. The van der Waals surface area contributed by atoms with Gasteiger partial charge < -0.3 is 15.2 Å². The molecule has 0 amide bonds. The first-order valence-electron chi connectivity index (χ1n) is 6.81. The smallest absolute Gasteiger partial charge is 0.162 e. The van der Waals surface area contributed by atoms with Gasteiger partial charge in [-0.1, -0.05) is 36.1 Å². The molecule has 0 saturated carbocycles. The fourth-order valence-electron chi connectivity index (χ4n) is 1.86. The lowest BCUT2D eigenvalue weighted by atomic mass is 10.1. The van der Waals surface area contributed by atoms with E-state index in [1.165, 1.54) is 0 Å². The lowest BCUT2D eigenvalue weighted by Crippen LogP contribution is -2.05. The third-order valence-electron chi connectivity index (χ3n) is 3.02. The van der Waals surface area contributed by atoms with Gasteiger partial charge in [0.2, 0.25) is 0 Å². The predicted molar refractivity (Wildman–Crippen MR) is 84.4 cm³/mol. The average molecular weight is 281 g/mol. The molecule has 3 heteroatoms. The summed E-state index contributed by atoms with van der Waals surface area (Å²) in [6.07, 6.45) is 0. The van der Waals surface area contributed by atoms with Crippen LogP contribution in [0.25, 0.3) is 0 Å². The van der Waals surface area contributed by atoms with E-state index in [2.05, 4.69) is 11.8 Å². The van der Waals surface area contributed by atoms with Crippen molar-refractivity contribution in [2.45, 2.75) is 13.0 Å². The molecule has 0 bridgehead atoms. The number of hydrogen-bond donors (Lipinski definition) is 1. The Hall–Kier alpha value is -2.44. The van der Waals surface area contributed by atoms with Gasteiger partial charge in [0.15, 0.2) is 11.5 Å². The van der Waals surface area contributed by atoms with Crippen molar-refractivity contribution in [2.75, 3.05) is 13.7 Å². The van der Waals surface area contributed by atoms with Crippen LogP contribution < -0.4 is 15.2 Å². The lowest BCUT2D eigenvalue weighted by Gasteiger charge is -2.12. The normalized spacial score (nSPS) is 11.2. The minimum absolute atomic E-state index is 0.0363. The van der Waals surface area contributed by atoms with E-state index >= 15 is 0 Å². The van der Waals surface area contributed by atoms with Gasteiger partial charge in [-0.05, 0) is 36.8 Å². The summed E-state index contributed by atoms with van der Waals surface area (Å²) in [7, 11) is 1.61. The summed E-state index contributed by atoms with van der Waals surface area (Å²) in [5, 5.41) is 0. The average Bonchev–Trinajstić information content (AvgIpc) is 2.52. The zero-order chi connectivity index (χ0) is 15.1. The Kier molecular flexibility index (Phi) is 5.25. The molecule has 0 aliphatic carbocycles. The second-order valence-corrected chi connectivity index (χ2v) is 4.66. The molecule has 2 aromatic rings. The monoisotopic (exact) mass is 281 g/mol. The van der Waals surface area contributed by atoms with Gasteiger partial charge in [-0.25, -0.2) is 0 Å². The molecule has 0 fully saturated rings. The van der Waals surface area contributed by atoms with Gasteiger partial charge >= 0.3 is 0 Å². The second-order valence-electron chi connectivity index (χ2n) is 4.66. The number of methoxy groups -OCH3 is 1. The fourth-order valence-corrected chi connectivity index (χ4v) is 1.86. The van der Waals surface area contributed by atoms with Crippen LogP contribution in [0.2, 0.25) is 0 Å². The summed E-state index contributed by atoms with van der Waals surface area (Å²) in [5.41, 5.74) is 7.84. The topological polar surface area (TPSA) is 44.5 Å². The van der Waals surface area contributed by atoms with Crippen molar-refractivity contribution in [1.29, 1.82) is 0 Å². The van der Waals surface area contributed by atoms with Gasteiger partial charge in [-0.3, -0.25) is 0 Å². The molecule has 0 radical (unpaired) electrons. The van der Waals surface area contributed by atoms with E-state index < -0.39 is 0 Å². The van der Waals surface area contributed by atoms with Crippen molar-refractivity contribution >= 4 is 0 Å². The van der Waals surface area contributed by atoms with E-state index in [1.807, 2.05) is 55.5 Å². The maximum Gasteiger partial charge on any atom is 0.162 e. The summed E-state index contributed by atoms with van der Waals surface area (Å²) >= 11 is 0. The van der Waals surface area contributed by atoms with Crippen molar-refractivity contribution in [3.8, 4) is 23.3 Å². The van der Waals surface area contributed by atoms with Crippen LogP contribution in [-0.2, 0) is 0 Å². The minimum atomic E-state index is -0.0363. The summed E-state index contributed by atoms with van der Waals surface area (Å²) in [4.78, 5) is 0. The summed E-state index contributed by atoms with van der Waals surface area (Å²) in [6.45, 7) is 2.24. The summed E-state index contributed by atoms with van der Waals surface area (Å²) in [5.74, 6) is 7.38. The standard InChI is InChI=1S/C18H19NO2/c1-14(19)16-10-11-17(18(13-16)20-2)21-12-6-9-15-7-4-3-5-8-15/h3-5,7-8,10-11,13-14H,12,19H2,1-2H3/t14-/m0/s1. The Balaban J connectivity index is 2.02. The van der Waals surface area contributed by atoms with Crippen molar-refractivity contribution < 1.29 is 9.47 Å². The Morgan fingerprint density at radius 3 is 2.52 bits per heavy atom. The quantitative estimate of drug-likeness (QED) is 0.876. The van der Waals surface area contributed by atoms with Gasteiger partial charge in [0.05, 0.1) is 7.11 Å². The van der Waals surface area contributed by atoms with Crippen molar-refractivity contribution in [3.05, 3.63) is 59.7 Å². The zero-order valence-electron chi connectivity index (χ0n) is 12.3. The van der Waals surface area contributed by atoms with Crippen LogP contribution in [0.15, 0.2) is 48.5 Å². The van der Waals surface area contributed by atoms with E-state index in [1.54, 1.807) is 7.11 Å². The van der Waals surface area contributed by atoms with Gasteiger partial charge in [0.25, 0.3) is 0 Å². The van der Waals surface area contributed by atoms with Crippen molar-refractivity contribution in [3.63, 3.8) is 0 Å². The van der Waals surface area contributed by atoms with E-state index in [4.69, 9.17) is 15.2 Å². The number of benzene rings is 2. The molecule has 0 unspecified atom stereocenters. The van der Waals surface area contributed by atoms with E-state index in [9.17, 15) is 0 Å². The molecule has 108 valence electrons. The second kappa shape index (κ2) is 7.37. The predicted octanol–water partition coefficient (Wildman–Crippen LogP) is 3.15. The number of nitrogens with two attached hydrogens (primary N) is 1. The molecule has 2 rings (SSSR count). The van der Waals surface area contributed by atoms with Crippen LogP contribution in [-0.4, -0.2) is 13.7 Å². The van der Waals surface area contributed by atoms with Crippen LogP contribution in [0.1, 0.15) is 24.1 Å². The van der Waals surface area contributed by atoms with E-state index in [0.29, 0.717) is 18.1 Å². The van der Waals surface area contributed by atoms with Crippen LogP contribution in [0, 0.1) is 11.8 Å². The highest BCUT2D eigenvalue weighted by molar-refractivity contribution is 5.44. The van der Waals surface area contributed by atoms with Crippen LogP contribution in [0.4, 0.5) is 0 Å². The van der Waals surface area contributed by atoms with Gasteiger partial charge in [-0.15, -0.1) is 0 Å². The van der Waals surface area contributed by atoms with E-state index in [0.717, 1.165) is 11.1 Å². The van der Waals surface area contributed by atoms with Gasteiger partial charge in [0.1, 0.15) is 6.61 Å². The maximum absolute atomic E-state index is 5.85. The van der Waals surface area contributed by atoms with Crippen LogP contribution in [0.5, 0.6) is 11.5 Å². The molecule has 0 aromatic heterocycles. The minimum Gasteiger partial charge on any atom is -0.493 e. The first kappa shape index (κ1) is 15.0. The molecule has 0 aliphatic heterocycles. The molecule has 2 N–H and O–H groups in total. The molecule has 2 aromatic carbocycles. The molecule has 0 heterocycles. The molecule has 21 heavy (non-hydrogen) atoms. The maximum atomic E-state index is 5.85. The highest BCUT2D eigenvalue weighted by Crippen LogP contribution is 2.29. The Bertz CT molecular complexity index is 639. The van der Waals surface area contributed by atoms with Crippen LogP contribution >= 0.6 is 0 Å². The lowest BCUT2D eigenvalue weighted by molar-refractivity contribution is 0.330. The molecular formula is C18H19NO2. The molecular weight excluding hydrogens is 262 g/mol. The Labute approximate surface area is 125 Å². The van der Waals surface area contributed by atoms with Gasteiger partial charge in [0, 0.05) is 11.6 Å². The summed E-state index contributed by atoms with van der Waals surface area (Å²) in [6, 6.07) is 15.5. The van der Waals surface area contributed by atoms with Crippen LogP contribution in [0.3, 0.4) is 0 Å². The highest BCUT2D eigenvalue weighted by atomic mass is 16.5. The summed E-state index contributed by atoms with van der Waals surface area (Å²) < 4.78 is 11.0. The first-order valence-corrected chi connectivity index (χ1v) is 6.81. The highest BCUT2D eigenvalue weighted by Gasteiger charge is 2.07. The molecule has 0 aliphatic rings. The first-order chi connectivity index (χ1) is 10.2. The Morgan fingerprint density at radius 1 is 1.10 bits per heavy atom. The fraction of sp³-hybridized carbons (Fsp3) is 0.222. The van der Waals surface area contributed by atoms with Crippen molar-refractivity contribution in [1.82, 2.24) is 0 Å². The zero-order valence-corrected chi connectivity index (χ0v) is 12.3. The van der Waals surface area contributed by atoms with Gasteiger partial charge in [-0.2, -0.15) is 0 Å². The molecule has 0 spiro atoms. The molecule has 1 atom stereocenters. The number of rotatable bonds is 4. The van der Waals surface area contributed by atoms with E-state index in [-0.39, 0.29) is 6.04 Å². The molecule has 3 nitrogen and oxygen atoms in total. The number of hydrogen-bond acceptors (Lipinski definition) is 3. The Morgan fingerprint density at radius 2 is 1.86 bits per heavy atom. The van der Waals surface area contributed by atoms with Crippen molar-refractivity contribution in [2.24, 2.45) is 5.73 Å². The molecule has 0 saturated heterocycles. The third-order valence-corrected chi connectivity index (χ3v) is 3.02. The largest absolute Gasteiger partial charge is 0.493 e. The third kappa shape index (κ3) is 4.27.